The van der Waals surface area contributed by atoms with Gasteiger partial charge in [0.2, 0.25) is 0 Å². The van der Waals surface area contributed by atoms with E-state index in [1.165, 1.54) is 46.7 Å². The molecule has 0 amide bonds. The number of nitrogens with zero attached hydrogens (tertiary/aromatic N) is 14. The van der Waals surface area contributed by atoms with E-state index in [9.17, 15) is 0 Å². The van der Waals surface area contributed by atoms with E-state index < -0.39 is 0 Å². The number of imidazole rings is 4. The Morgan fingerprint density at radius 3 is 0.763 bits per heavy atom. The summed E-state index contributed by atoms with van der Waals surface area (Å²) >= 11 is 0. The molecule has 0 aliphatic rings. The Bertz CT molecular complexity index is 2030. The number of hydrogen-bond donors (Lipinski definition) is 0. The maximum absolute atomic E-state index is 7.43. The van der Waals surface area contributed by atoms with Gasteiger partial charge in [-0.2, -0.15) is 10.5 Å². The van der Waals surface area contributed by atoms with Crippen molar-refractivity contribution in [1.82, 2.24) is 38.2 Å². The summed E-state index contributed by atoms with van der Waals surface area (Å²) in [7, 11) is 0. The molecular weight excluding hydrogens is 784 g/mol. The fraction of sp³-hybridized carbons (Fsp3) is 0.0909. The van der Waals surface area contributed by atoms with Gasteiger partial charge in [0.25, 0.3) is 0 Å². The summed E-state index contributed by atoms with van der Waals surface area (Å²) in [5.74, 6) is 0. The largest absolute Gasteiger partial charge is 2.00 e. The zero-order valence-corrected chi connectivity index (χ0v) is 32.9. The van der Waals surface area contributed by atoms with Crippen LogP contribution in [0.2, 0.25) is 0 Å². The van der Waals surface area contributed by atoms with Crippen molar-refractivity contribution in [2.24, 2.45) is 9.98 Å². The van der Waals surface area contributed by atoms with E-state index in [2.05, 4.69) is 96.7 Å². The van der Waals surface area contributed by atoms with Crippen LogP contribution >= 0.6 is 0 Å². The minimum atomic E-state index is 0. The predicted molar refractivity (Wildman–Crippen MR) is 224 cm³/mol. The number of aliphatic imine (C=N–C) groups is 2. The minimum absolute atomic E-state index is 0. The van der Waals surface area contributed by atoms with Crippen LogP contribution in [0.15, 0.2) is 206 Å². The monoisotopic (exact) mass is 823 g/mol. The van der Waals surface area contributed by atoms with Crippen molar-refractivity contribution in [2.75, 3.05) is 0 Å². The van der Waals surface area contributed by atoms with Crippen molar-refractivity contribution in [3.05, 3.63) is 229 Å². The average Bonchev–Trinajstić information content (AvgIpc) is 4.13. The Hall–Kier alpha value is -8.03. The molecule has 59 heavy (non-hydrogen) atoms. The summed E-state index contributed by atoms with van der Waals surface area (Å²) in [6.07, 6.45) is 24.9. The van der Waals surface area contributed by atoms with Gasteiger partial charge in [-0.25, -0.2) is 19.9 Å². The molecule has 0 aliphatic heterocycles. The van der Waals surface area contributed by atoms with Gasteiger partial charge in [0.05, 0.1) is 37.7 Å². The van der Waals surface area contributed by atoms with Crippen molar-refractivity contribution in [1.29, 1.82) is 10.5 Å². The number of aromatic nitrogens is 8. The van der Waals surface area contributed by atoms with E-state index in [4.69, 9.17) is 21.3 Å². The molecule has 14 nitrogen and oxygen atoms in total. The molecule has 4 aromatic heterocycles. The van der Waals surface area contributed by atoms with Gasteiger partial charge in [-0.15, -0.1) is 12.0 Å². The standard InChI is InChI=1S/4C10H10N2.2C2N3.Co/c4*1-2-4-10(5-3-1)8-12-7-6-11-9-12;2*3-1-5-2-4;/h4*1-7,9H,8H2;;;/q;;;;2*-1;+2. The molecule has 4 aromatic carbocycles. The maximum Gasteiger partial charge on any atom is 2.00 e. The zero-order chi connectivity index (χ0) is 41.1. The molecule has 0 aliphatic carbocycles. The average molecular weight is 824 g/mol. The molecule has 8 aromatic rings. The van der Waals surface area contributed by atoms with Crippen LogP contribution in [0.5, 0.6) is 0 Å². The summed E-state index contributed by atoms with van der Waals surface area (Å²) in [6, 6.07) is 43.9. The Balaban J connectivity index is 0.000000251. The normalized spacial score (nSPS) is 8.78. The fourth-order valence-corrected chi connectivity index (χ4v) is 4.74. The number of rotatable bonds is 8. The molecule has 8 rings (SSSR count). The summed E-state index contributed by atoms with van der Waals surface area (Å²) in [6.45, 7) is 3.61. The molecule has 0 N–H and O–H groups in total. The maximum atomic E-state index is 7.43. The molecule has 4 heterocycles. The first kappa shape index (κ1) is 47.1. The van der Waals surface area contributed by atoms with Gasteiger partial charge in [0, 0.05) is 75.8 Å². The van der Waals surface area contributed by atoms with Gasteiger partial charge < -0.3 is 39.1 Å². The van der Waals surface area contributed by atoms with Crippen molar-refractivity contribution < 1.29 is 16.8 Å². The number of benzene rings is 4. The van der Waals surface area contributed by atoms with Crippen LogP contribution in [0, 0.1) is 22.9 Å². The smallest absolute Gasteiger partial charge is 0.422 e. The second-order valence-corrected chi connectivity index (χ2v) is 11.5. The van der Waals surface area contributed by atoms with Gasteiger partial charge in [0.1, 0.15) is 0 Å². The molecule has 1 radical (unpaired) electrons. The van der Waals surface area contributed by atoms with Crippen molar-refractivity contribution in [3.8, 4) is 12.4 Å². The molecule has 0 unspecified atom stereocenters. The van der Waals surface area contributed by atoms with E-state index in [0.717, 1.165) is 26.2 Å². The molecule has 0 saturated heterocycles. The zero-order valence-electron chi connectivity index (χ0n) is 31.9. The van der Waals surface area contributed by atoms with Crippen molar-refractivity contribution in [3.63, 3.8) is 0 Å². The second kappa shape index (κ2) is 31.2. The van der Waals surface area contributed by atoms with Gasteiger partial charge in [0.15, 0.2) is 0 Å². The minimum Gasteiger partial charge on any atom is -0.422 e. The van der Waals surface area contributed by atoms with Gasteiger partial charge in [-0.05, 0) is 22.3 Å². The Morgan fingerprint density at radius 1 is 0.407 bits per heavy atom. The summed E-state index contributed by atoms with van der Waals surface area (Å²) < 4.78 is 8.20. The van der Waals surface area contributed by atoms with E-state index in [1.807, 2.05) is 123 Å². The van der Waals surface area contributed by atoms with Crippen LogP contribution in [0.1, 0.15) is 22.3 Å². The summed E-state index contributed by atoms with van der Waals surface area (Å²) in [5, 5.41) is 29.7. The molecule has 0 fully saturated rings. The SMILES string of the molecule is N#CN=C=[N-].N#CN=C=[N-].[Co+2].c1ccc(Cn2ccnc2)cc1.c1ccc(Cn2ccnc2)cc1.c1ccc(Cn2ccnc2)cc1.c1ccc(Cn2ccnc2)cc1. The van der Waals surface area contributed by atoms with Crippen molar-refractivity contribution >= 4 is 12.0 Å². The first-order valence-corrected chi connectivity index (χ1v) is 17.6. The van der Waals surface area contributed by atoms with Gasteiger partial charge in [-0.1, -0.05) is 121 Å². The van der Waals surface area contributed by atoms with E-state index in [-0.39, 0.29) is 16.8 Å². The predicted octanol–water partition coefficient (Wildman–Crippen LogP) is 8.14. The van der Waals surface area contributed by atoms with E-state index in [0.29, 0.717) is 0 Å². The van der Waals surface area contributed by atoms with Crippen molar-refractivity contribution in [2.45, 2.75) is 26.2 Å². The third kappa shape index (κ3) is 22.2. The van der Waals surface area contributed by atoms with Crippen LogP contribution < -0.4 is 0 Å². The summed E-state index contributed by atoms with van der Waals surface area (Å²) in [4.78, 5) is 21.1. The van der Waals surface area contributed by atoms with Crippen LogP contribution in [0.3, 0.4) is 0 Å². The first-order chi connectivity index (χ1) is 28.6. The number of nitriles is 2. The molecule has 0 atom stereocenters. The molecule has 0 spiro atoms. The first-order valence-electron chi connectivity index (χ1n) is 17.6. The third-order valence-electron chi connectivity index (χ3n) is 7.27. The van der Waals surface area contributed by atoms with E-state index >= 15 is 0 Å². The quantitative estimate of drug-likeness (QED) is 0.110. The van der Waals surface area contributed by atoms with Gasteiger partial charge >= 0.3 is 16.8 Å². The Morgan fingerprint density at radius 2 is 0.627 bits per heavy atom. The summed E-state index contributed by atoms with van der Waals surface area (Å²) in [5.41, 5.74) is 5.21. The Labute approximate surface area is 354 Å². The number of hydrogen-bond acceptors (Lipinski definition) is 8. The molecule has 295 valence electrons. The third-order valence-corrected chi connectivity index (χ3v) is 7.27. The van der Waals surface area contributed by atoms with Crippen LogP contribution in [0.4, 0.5) is 0 Å². The van der Waals surface area contributed by atoms with E-state index in [1.54, 1.807) is 24.8 Å². The molecule has 0 bridgehead atoms. The second-order valence-electron chi connectivity index (χ2n) is 11.5. The molecule has 0 saturated carbocycles. The fourth-order valence-electron chi connectivity index (χ4n) is 4.74. The Kier molecular flexibility index (Phi) is 24.9. The molecule has 15 heteroatoms. The molecular formula is C44H40CoN14. The van der Waals surface area contributed by atoms with Crippen LogP contribution in [-0.4, -0.2) is 50.2 Å². The van der Waals surface area contributed by atoms with Crippen LogP contribution in [0.25, 0.3) is 10.8 Å². The van der Waals surface area contributed by atoms with Gasteiger partial charge in [-0.3, -0.25) is 0 Å². The van der Waals surface area contributed by atoms with Crippen LogP contribution in [-0.2, 0) is 43.0 Å². The topological polar surface area (TPSA) is 188 Å².